The second-order valence-electron chi connectivity index (χ2n) is 6.12. The van der Waals surface area contributed by atoms with E-state index in [-0.39, 0.29) is 19.1 Å². The average molecular weight is 634 g/mol. The summed E-state index contributed by atoms with van der Waals surface area (Å²) in [5.74, 6) is 0.247. The van der Waals surface area contributed by atoms with Gasteiger partial charge >= 0.3 is 5.97 Å². The largest absolute Gasteiger partial charge is 0.493 e. The number of nitrogens with zero attached hydrogens (tertiary/aromatic N) is 1. The maximum Gasteiger partial charge on any atom is 0.344 e. The molecule has 6 nitrogen and oxygen atoms in total. The van der Waals surface area contributed by atoms with E-state index in [9.17, 15) is 9.59 Å². The molecule has 0 atom stereocenters. The first kappa shape index (κ1) is 24.0. The smallest absolute Gasteiger partial charge is 0.344 e. The van der Waals surface area contributed by atoms with Crippen LogP contribution in [-0.2, 0) is 14.3 Å². The van der Waals surface area contributed by atoms with Gasteiger partial charge in [0.1, 0.15) is 0 Å². The summed E-state index contributed by atoms with van der Waals surface area (Å²) in [6, 6.07) is 11.0. The Labute approximate surface area is 211 Å². The van der Waals surface area contributed by atoms with Crippen molar-refractivity contribution in [1.29, 1.82) is 0 Å². The van der Waals surface area contributed by atoms with Gasteiger partial charge < -0.3 is 14.2 Å². The van der Waals surface area contributed by atoms with Gasteiger partial charge in [-0.05, 0) is 77.6 Å². The number of hydrogen-bond donors (Lipinski definition) is 0. The van der Waals surface area contributed by atoms with Crippen LogP contribution in [-0.4, -0.2) is 36.5 Å². The fourth-order valence-corrected chi connectivity index (χ4v) is 5.07. The number of methoxy groups -OCH3 is 1. The molecule has 0 aromatic heterocycles. The Hall–Kier alpha value is -1.63. The van der Waals surface area contributed by atoms with Gasteiger partial charge in [-0.1, -0.05) is 39.9 Å². The molecule has 2 aromatic carbocycles. The van der Waals surface area contributed by atoms with Crippen LogP contribution in [0.3, 0.4) is 0 Å². The molecular formula is C21H17BrINO5S2. The molecule has 10 heteroatoms. The maximum absolute atomic E-state index is 13.0. The zero-order valence-corrected chi connectivity index (χ0v) is 21.9. The number of benzene rings is 2. The van der Waals surface area contributed by atoms with Gasteiger partial charge in [-0.3, -0.25) is 9.69 Å². The number of ether oxygens (including phenoxy) is 3. The number of hydrogen-bond acceptors (Lipinski definition) is 7. The van der Waals surface area contributed by atoms with Crippen molar-refractivity contribution in [2.45, 2.75) is 6.92 Å². The number of esters is 1. The topological polar surface area (TPSA) is 65.1 Å². The number of carbonyl (C=O) groups is 2. The number of amides is 1. The quantitative estimate of drug-likeness (QED) is 0.175. The lowest BCUT2D eigenvalue weighted by Crippen LogP contribution is -2.27. The molecule has 1 saturated heterocycles. The van der Waals surface area contributed by atoms with E-state index in [1.165, 1.54) is 23.8 Å². The minimum absolute atomic E-state index is 0.186. The lowest BCUT2D eigenvalue weighted by atomic mass is 10.1. The van der Waals surface area contributed by atoms with E-state index in [1.54, 1.807) is 19.1 Å². The zero-order chi connectivity index (χ0) is 22.5. The normalized spacial score (nSPS) is 14.8. The van der Waals surface area contributed by atoms with Crippen molar-refractivity contribution in [1.82, 2.24) is 0 Å². The Bertz CT molecular complexity index is 1060. The fraction of sp³-hybridized carbons (Fsp3) is 0.190. The number of rotatable bonds is 7. The predicted octanol–water partition coefficient (Wildman–Crippen LogP) is 5.41. The van der Waals surface area contributed by atoms with Crippen LogP contribution in [0.4, 0.5) is 5.69 Å². The van der Waals surface area contributed by atoms with Crippen molar-refractivity contribution in [2.75, 3.05) is 25.2 Å². The molecule has 0 unspecified atom stereocenters. The molecule has 3 rings (SSSR count). The minimum atomic E-state index is -0.457. The van der Waals surface area contributed by atoms with Gasteiger partial charge in [-0.2, -0.15) is 0 Å². The molecule has 162 valence electrons. The second kappa shape index (κ2) is 10.8. The molecule has 2 aromatic rings. The Morgan fingerprint density at radius 1 is 1.29 bits per heavy atom. The van der Waals surface area contributed by atoms with Crippen LogP contribution in [0.15, 0.2) is 45.8 Å². The highest BCUT2D eigenvalue weighted by molar-refractivity contribution is 14.1. The third kappa shape index (κ3) is 5.79. The summed E-state index contributed by atoms with van der Waals surface area (Å²) in [6.45, 7) is 1.80. The molecule has 1 aliphatic rings. The number of anilines is 1. The summed E-state index contributed by atoms with van der Waals surface area (Å²) in [7, 11) is 1.51. The first-order valence-corrected chi connectivity index (χ1v) is 12.1. The highest BCUT2D eigenvalue weighted by atomic mass is 127. The van der Waals surface area contributed by atoms with E-state index in [0.29, 0.717) is 26.4 Å². The van der Waals surface area contributed by atoms with Crippen LogP contribution in [0.5, 0.6) is 11.5 Å². The molecule has 1 amide bonds. The van der Waals surface area contributed by atoms with Crippen molar-refractivity contribution in [2.24, 2.45) is 0 Å². The molecule has 0 bridgehead atoms. The van der Waals surface area contributed by atoms with Crippen LogP contribution in [0.1, 0.15) is 12.5 Å². The van der Waals surface area contributed by atoms with Crippen LogP contribution < -0.4 is 14.4 Å². The van der Waals surface area contributed by atoms with Crippen molar-refractivity contribution >= 4 is 90.5 Å². The summed E-state index contributed by atoms with van der Waals surface area (Å²) in [5, 5.41) is 0. The molecular weight excluding hydrogens is 617 g/mol. The number of carbonyl (C=O) groups excluding carboxylic acids is 2. The lowest BCUT2D eigenvalue weighted by molar-refractivity contribution is -0.145. The van der Waals surface area contributed by atoms with Gasteiger partial charge in [-0.15, -0.1) is 0 Å². The molecule has 0 radical (unpaired) electrons. The Morgan fingerprint density at radius 3 is 2.65 bits per heavy atom. The highest BCUT2D eigenvalue weighted by Gasteiger charge is 2.33. The number of thiocarbonyl (C=S) groups is 1. The van der Waals surface area contributed by atoms with Crippen LogP contribution in [0, 0.1) is 3.57 Å². The van der Waals surface area contributed by atoms with E-state index in [4.69, 9.17) is 26.4 Å². The predicted molar refractivity (Wildman–Crippen MR) is 138 cm³/mol. The van der Waals surface area contributed by atoms with E-state index in [1.807, 2.05) is 30.3 Å². The molecule has 1 heterocycles. The number of thioether (sulfide) groups is 1. The zero-order valence-electron chi connectivity index (χ0n) is 16.5. The summed E-state index contributed by atoms with van der Waals surface area (Å²) in [5.41, 5.74) is 1.46. The third-order valence-electron chi connectivity index (χ3n) is 4.07. The van der Waals surface area contributed by atoms with Gasteiger partial charge in [0.05, 0.1) is 27.9 Å². The summed E-state index contributed by atoms with van der Waals surface area (Å²) < 4.78 is 18.0. The monoisotopic (exact) mass is 633 g/mol. The fourth-order valence-electron chi connectivity index (χ4n) is 2.73. The molecule has 1 aliphatic heterocycles. The van der Waals surface area contributed by atoms with E-state index in [0.717, 1.165) is 13.6 Å². The first-order chi connectivity index (χ1) is 14.8. The first-order valence-electron chi connectivity index (χ1n) is 9.03. The van der Waals surface area contributed by atoms with Crippen molar-refractivity contribution in [3.05, 3.63) is 54.9 Å². The molecule has 0 spiro atoms. The Kier molecular flexibility index (Phi) is 8.36. The van der Waals surface area contributed by atoms with Crippen molar-refractivity contribution < 1.29 is 23.8 Å². The highest BCUT2D eigenvalue weighted by Crippen LogP contribution is 2.39. The summed E-state index contributed by atoms with van der Waals surface area (Å²) >= 11 is 12.2. The van der Waals surface area contributed by atoms with Gasteiger partial charge in [0.2, 0.25) is 0 Å². The Balaban J connectivity index is 1.85. The van der Waals surface area contributed by atoms with Gasteiger partial charge in [0, 0.05) is 4.47 Å². The minimum Gasteiger partial charge on any atom is -0.493 e. The standard InChI is InChI=1S/C21H17BrINO5S2/c1-3-28-18(25)11-29-19-15(23)8-12(9-16(19)27-2)10-17-20(26)24(21(30)31-17)14-6-4-13(22)5-7-14/h4-10H,3,11H2,1-2H3/b17-10+. The summed E-state index contributed by atoms with van der Waals surface area (Å²) in [4.78, 5) is 26.6. The van der Waals surface area contributed by atoms with Crippen molar-refractivity contribution in [3.8, 4) is 11.5 Å². The maximum atomic E-state index is 13.0. The lowest BCUT2D eigenvalue weighted by Gasteiger charge is -2.14. The van der Waals surface area contributed by atoms with Crippen LogP contribution in [0.2, 0.25) is 0 Å². The van der Waals surface area contributed by atoms with Gasteiger partial charge in [0.25, 0.3) is 5.91 Å². The molecule has 0 aliphatic carbocycles. The molecule has 0 N–H and O–H groups in total. The molecule has 1 fully saturated rings. The van der Waals surface area contributed by atoms with Crippen LogP contribution in [0.25, 0.3) is 6.08 Å². The van der Waals surface area contributed by atoms with E-state index >= 15 is 0 Å². The second-order valence-corrected chi connectivity index (χ2v) is 9.87. The Morgan fingerprint density at radius 2 is 2.00 bits per heavy atom. The van der Waals surface area contributed by atoms with Crippen LogP contribution >= 0.6 is 62.5 Å². The van der Waals surface area contributed by atoms with Gasteiger partial charge in [0.15, 0.2) is 22.4 Å². The average Bonchev–Trinajstić information content (AvgIpc) is 3.00. The molecule has 31 heavy (non-hydrogen) atoms. The summed E-state index contributed by atoms with van der Waals surface area (Å²) in [6.07, 6.45) is 1.76. The van der Waals surface area contributed by atoms with Gasteiger partial charge in [-0.25, -0.2) is 4.79 Å². The van der Waals surface area contributed by atoms with Crippen molar-refractivity contribution in [3.63, 3.8) is 0 Å². The van der Waals surface area contributed by atoms with E-state index in [2.05, 4.69) is 38.5 Å². The number of halogens is 2. The molecule has 0 saturated carbocycles. The van der Waals surface area contributed by atoms with E-state index < -0.39 is 5.97 Å². The third-order valence-corrected chi connectivity index (χ3v) is 6.70. The SMILES string of the molecule is CCOC(=O)COc1c(I)cc(/C=C2/SC(=S)N(c3ccc(Br)cc3)C2=O)cc1OC.